The first-order chi connectivity index (χ1) is 14.1. The van der Waals surface area contributed by atoms with Gasteiger partial charge in [0.05, 0.1) is 19.8 Å². The Balaban J connectivity index is 1.47. The maximum Gasteiger partial charge on any atom is 0.321 e. The normalized spacial score (nSPS) is 13.9. The molecule has 1 fully saturated rings. The third-order valence-electron chi connectivity index (χ3n) is 4.75. The molecule has 1 saturated heterocycles. The molecule has 2 aromatic carbocycles. The highest BCUT2D eigenvalue weighted by Crippen LogP contribution is 2.22. The molecule has 1 heterocycles. The third kappa shape index (κ3) is 6.58. The van der Waals surface area contributed by atoms with Crippen LogP contribution in [0, 0.1) is 0 Å². The Bertz CT molecular complexity index is 807. The lowest BCUT2D eigenvalue weighted by atomic mass is 10.1. The highest BCUT2D eigenvalue weighted by Gasteiger charge is 2.16. The lowest BCUT2D eigenvalue weighted by molar-refractivity contribution is -0.120. The van der Waals surface area contributed by atoms with Gasteiger partial charge in [-0.05, 0) is 24.2 Å². The van der Waals surface area contributed by atoms with Gasteiger partial charge in [-0.15, -0.1) is 0 Å². The van der Waals surface area contributed by atoms with E-state index in [1.54, 1.807) is 0 Å². The van der Waals surface area contributed by atoms with Gasteiger partial charge in [-0.1, -0.05) is 48.5 Å². The van der Waals surface area contributed by atoms with Crippen LogP contribution in [0.4, 0.5) is 10.5 Å². The molecule has 29 heavy (non-hydrogen) atoms. The summed E-state index contributed by atoms with van der Waals surface area (Å²) in [6.45, 7) is 4.31. The summed E-state index contributed by atoms with van der Waals surface area (Å²) in [5, 5.41) is 5.08. The number of imide groups is 1. The Morgan fingerprint density at radius 3 is 2.48 bits per heavy atom. The number of ether oxygens (including phenoxy) is 1. The van der Waals surface area contributed by atoms with Crippen LogP contribution in [-0.4, -0.2) is 56.7 Å². The maximum atomic E-state index is 12.2. The minimum absolute atomic E-state index is 0.135. The van der Waals surface area contributed by atoms with Crippen LogP contribution in [0.1, 0.15) is 11.1 Å². The van der Waals surface area contributed by atoms with Gasteiger partial charge in [-0.3, -0.25) is 15.0 Å². The van der Waals surface area contributed by atoms with Crippen molar-refractivity contribution in [3.05, 3.63) is 65.7 Å². The van der Waals surface area contributed by atoms with Crippen molar-refractivity contribution >= 4 is 17.6 Å². The zero-order valence-electron chi connectivity index (χ0n) is 16.8. The lowest BCUT2D eigenvalue weighted by Gasteiger charge is -2.31. The van der Waals surface area contributed by atoms with E-state index in [1.807, 2.05) is 54.4 Å². The van der Waals surface area contributed by atoms with Gasteiger partial charge in [0.25, 0.3) is 0 Å². The second-order valence-electron chi connectivity index (χ2n) is 7.12. The largest absolute Gasteiger partial charge is 0.378 e. The molecule has 2 aromatic rings. The SMILES string of the molecule is CN(CC(=O)NC(=O)NCc1ccccc1)Cc1ccccc1N1CCOCC1. The van der Waals surface area contributed by atoms with Crippen LogP contribution in [-0.2, 0) is 22.6 Å². The first-order valence-corrected chi connectivity index (χ1v) is 9.82. The molecule has 7 heteroatoms. The van der Waals surface area contributed by atoms with Gasteiger partial charge < -0.3 is 15.0 Å². The fourth-order valence-corrected chi connectivity index (χ4v) is 3.34. The summed E-state index contributed by atoms with van der Waals surface area (Å²) in [7, 11) is 1.87. The summed E-state index contributed by atoms with van der Waals surface area (Å²) in [5.41, 5.74) is 3.30. The number of carbonyl (C=O) groups excluding carboxylic acids is 2. The molecule has 0 spiro atoms. The molecule has 2 N–H and O–H groups in total. The molecule has 1 aliphatic rings. The predicted octanol–water partition coefficient (Wildman–Crippen LogP) is 1.98. The maximum absolute atomic E-state index is 12.2. The number of morpholine rings is 1. The molecular weight excluding hydrogens is 368 g/mol. The number of nitrogens with zero attached hydrogens (tertiary/aromatic N) is 2. The standard InChI is InChI=1S/C22H28N4O3/c1-25(16-19-9-5-6-10-20(19)26-11-13-29-14-12-26)17-21(27)24-22(28)23-15-18-7-3-2-4-8-18/h2-10H,11-17H2,1H3,(H2,23,24,27,28). The summed E-state index contributed by atoms with van der Waals surface area (Å²) >= 11 is 0. The van der Waals surface area contributed by atoms with E-state index in [9.17, 15) is 9.59 Å². The van der Waals surface area contributed by atoms with Gasteiger partial charge >= 0.3 is 6.03 Å². The van der Waals surface area contributed by atoms with Crippen molar-refractivity contribution in [1.82, 2.24) is 15.5 Å². The van der Waals surface area contributed by atoms with E-state index in [4.69, 9.17) is 4.74 Å². The van der Waals surface area contributed by atoms with Crippen molar-refractivity contribution in [2.75, 3.05) is 44.8 Å². The molecular formula is C22H28N4O3. The van der Waals surface area contributed by atoms with E-state index in [-0.39, 0.29) is 12.5 Å². The highest BCUT2D eigenvalue weighted by molar-refractivity contribution is 5.95. The number of hydrogen-bond acceptors (Lipinski definition) is 5. The summed E-state index contributed by atoms with van der Waals surface area (Å²) in [6, 6.07) is 17.3. The van der Waals surface area contributed by atoms with Crippen molar-refractivity contribution in [3.8, 4) is 0 Å². The molecule has 154 valence electrons. The first-order valence-electron chi connectivity index (χ1n) is 9.82. The second kappa shape index (κ2) is 10.6. The number of benzene rings is 2. The monoisotopic (exact) mass is 396 g/mol. The van der Waals surface area contributed by atoms with Crippen molar-refractivity contribution in [3.63, 3.8) is 0 Å². The van der Waals surface area contributed by atoms with Crippen LogP contribution < -0.4 is 15.5 Å². The summed E-state index contributed by atoms with van der Waals surface area (Å²) < 4.78 is 5.44. The average molecular weight is 396 g/mol. The number of carbonyl (C=O) groups is 2. The zero-order valence-corrected chi connectivity index (χ0v) is 16.8. The number of nitrogens with one attached hydrogen (secondary N) is 2. The number of para-hydroxylation sites is 1. The Hall–Kier alpha value is -2.90. The molecule has 3 rings (SSSR count). The predicted molar refractivity (Wildman–Crippen MR) is 113 cm³/mol. The van der Waals surface area contributed by atoms with Gasteiger partial charge in [-0.2, -0.15) is 0 Å². The third-order valence-corrected chi connectivity index (χ3v) is 4.75. The molecule has 3 amide bonds. The number of amides is 3. The molecule has 0 aromatic heterocycles. The van der Waals surface area contributed by atoms with Crippen molar-refractivity contribution in [1.29, 1.82) is 0 Å². The van der Waals surface area contributed by atoms with E-state index in [1.165, 1.54) is 5.69 Å². The molecule has 0 bridgehead atoms. The van der Waals surface area contributed by atoms with Gasteiger partial charge in [0.15, 0.2) is 0 Å². The Morgan fingerprint density at radius 2 is 1.72 bits per heavy atom. The highest BCUT2D eigenvalue weighted by atomic mass is 16.5. The number of rotatable bonds is 7. The average Bonchev–Trinajstić information content (AvgIpc) is 2.74. The van der Waals surface area contributed by atoms with Gasteiger partial charge in [0, 0.05) is 31.9 Å². The summed E-state index contributed by atoms with van der Waals surface area (Å²) in [4.78, 5) is 28.4. The van der Waals surface area contributed by atoms with Crippen LogP contribution in [0.15, 0.2) is 54.6 Å². The van der Waals surface area contributed by atoms with Crippen molar-refractivity contribution in [2.24, 2.45) is 0 Å². The first kappa shape index (κ1) is 20.8. The van der Waals surface area contributed by atoms with E-state index >= 15 is 0 Å². The summed E-state index contributed by atoms with van der Waals surface area (Å²) in [5.74, 6) is -0.332. The van der Waals surface area contributed by atoms with Crippen LogP contribution in [0.25, 0.3) is 0 Å². The molecule has 7 nitrogen and oxygen atoms in total. The number of likely N-dealkylation sites (N-methyl/N-ethyl adjacent to an activating group) is 1. The van der Waals surface area contributed by atoms with Crippen LogP contribution in [0.5, 0.6) is 0 Å². The van der Waals surface area contributed by atoms with Crippen LogP contribution in [0.2, 0.25) is 0 Å². The zero-order chi connectivity index (χ0) is 20.5. The number of hydrogen-bond donors (Lipinski definition) is 2. The summed E-state index contributed by atoms with van der Waals surface area (Å²) in [6.07, 6.45) is 0. The van der Waals surface area contributed by atoms with Gasteiger partial charge in [0.2, 0.25) is 5.91 Å². The minimum atomic E-state index is -0.485. The van der Waals surface area contributed by atoms with E-state index < -0.39 is 6.03 Å². The minimum Gasteiger partial charge on any atom is -0.378 e. The Kier molecular flexibility index (Phi) is 7.61. The number of urea groups is 1. The van der Waals surface area contributed by atoms with Gasteiger partial charge in [-0.25, -0.2) is 4.79 Å². The van der Waals surface area contributed by atoms with Crippen LogP contribution in [0.3, 0.4) is 0 Å². The van der Waals surface area contributed by atoms with Gasteiger partial charge in [0.1, 0.15) is 0 Å². The van der Waals surface area contributed by atoms with Crippen LogP contribution >= 0.6 is 0 Å². The molecule has 0 radical (unpaired) electrons. The smallest absolute Gasteiger partial charge is 0.321 e. The van der Waals surface area contributed by atoms with E-state index in [2.05, 4.69) is 27.7 Å². The Morgan fingerprint density at radius 1 is 1.03 bits per heavy atom. The fraction of sp³-hybridized carbons (Fsp3) is 0.364. The van der Waals surface area contributed by atoms with Crippen molar-refractivity contribution < 1.29 is 14.3 Å². The van der Waals surface area contributed by atoms with Crippen molar-refractivity contribution in [2.45, 2.75) is 13.1 Å². The molecule has 0 unspecified atom stereocenters. The molecule has 0 saturated carbocycles. The topological polar surface area (TPSA) is 73.9 Å². The molecule has 1 aliphatic heterocycles. The number of anilines is 1. The van der Waals surface area contributed by atoms with E-state index in [0.29, 0.717) is 13.1 Å². The Labute approximate surface area is 171 Å². The second-order valence-corrected chi connectivity index (χ2v) is 7.12. The molecule has 0 aliphatic carbocycles. The lowest BCUT2D eigenvalue weighted by Crippen LogP contribution is -2.43. The molecule has 0 atom stereocenters. The fourth-order valence-electron chi connectivity index (χ4n) is 3.34. The quantitative estimate of drug-likeness (QED) is 0.749. The van der Waals surface area contributed by atoms with E-state index in [0.717, 1.165) is 37.4 Å².